The molecule has 0 radical (unpaired) electrons. The lowest BCUT2D eigenvalue weighted by molar-refractivity contribution is -0.158. The SMILES string of the molecule is CCCCOC1C=C(N=Nc2nc3cc(C)c(Br)cc3s2)C(=O)O1. The van der Waals surface area contributed by atoms with E-state index in [9.17, 15) is 4.79 Å². The van der Waals surface area contributed by atoms with Crippen molar-refractivity contribution < 1.29 is 14.3 Å². The molecule has 1 atom stereocenters. The van der Waals surface area contributed by atoms with Gasteiger partial charge in [0, 0.05) is 10.5 Å². The summed E-state index contributed by atoms with van der Waals surface area (Å²) in [5.74, 6) is -0.528. The Labute approximate surface area is 151 Å². The highest BCUT2D eigenvalue weighted by Crippen LogP contribution is 2.32. The van der Waals surface area contributed by atoms with Gasteiger partial charge in [0.05, 0.1) is 16.8 Å². The molecular weight excluding hydrogens is 394 g/mol. The van der Waals surface area contributed by atoms with E-state index in [0.29, 0.717) is 11.7 Å². The van der Waals surface area contributed by atoms with Gasteiger partial charge < -0.3 is 9.47 Å². The predicted octanol–water partition coefficient (Wildman–Crippen LogP) is 5.03. The molecule has 0 spiro atoms. The molecule has 0 saturated heterocycles. The largest absolute Gasteiger partial charge is 0.427 e. The van der Waals surface area contributed by atoms with Crippen LogP contribution in [0.3, 0.4) is 0 Å². The highest BCUT2D eigenvalue weighted by atomic mass is 79.9. The second-order valence-corrected chi connectivity index (χ2v) is 7.18. The maximum Gasteiger partial charge on any atom is 0.361 e. The van der Waals surface area contributed by atoms with E-state index < -0.39 is 12.3 Å². The molecule has 8 heteroatoms. The summed E-state index contributed by atoms with van der Waals surface area (Å²) in [5.41, 5.74) is 2.11. The first-order chi connectivity index (χ1) is 11.6. The lowest BCUT2D eigenvalue weighted by Crippen LogP contribution is -2.13. The van der Waals surface area contributed by atoms with Crippen LogP contribution in [0.2, 0.25) is 0 Å². The molecule has 2 aromatic rings. The number of ether oxygens (including phenoxy) is 2. The molecular formula is C16H16BrN3O3S. The van der Waals surface area contributed by atoms with Gasteiger partial charge in [0.15, 0.2) is 5.70 Å². The number of hydrogen-bond donors (Lipinski definition) is 0. The third kappa shape index (κ3) is 3.88. The van der Waals surface area contributed by atoms with Crippen molar-refractivity contribution in [3.63, 3.8) is 0 Å². The van der Waals surface area contributed by atoms with Crippen molar-refractivity contribution >= 4 is 48.6 Å². The van der Waals surface area contributed by atoms with Gasteiger partial charge in [-0.15, -0.1) is 10.2 Å². The van der Waals surface area contributed by atoms with Gasteiger partial charge in [-0.3, -0.25) is 0 Å². The molecule has 1 aromatic carbocycles. The average molecular weight is 410 g/mol. The summed E-state index contributed by atoms with van der Waals surface area (Å²) >= 11 is 4.91. The van der Waals surface area contributed by atoms with Crippen LogP contribution in [0.15, 0.2) is 38.6 Å². The van der Waals surface area contributed by atoms with Crippen molar-refractivity contribution in [2.24, 2.45) is 10.2 Å². The molecule has 0 aliphatic carbocycles. The Hall–Kier alpha value is -1.64. The summed E-state index contributed by atoms with van der Waals surface area (Å²) in [6.07, 6.45) is 2.80. The van der Waals surface area contributed by atoms with Crippen molar-refractivity contribution in [2.75, 3.05) is 6.61 Å². The minimum atomic E-state index is -0.674. The number of unbranched alkanes of at least 4 members (excludes halogenated alkanes) is 1. The Bertz CT molecular complexity index is 792. The fourth-order valence-corrected chi connectivity index (χ4v) is 3.38. The number of nitrogens with zero attached hydrogens (tertiary/aromatic N) is 3. The fourth-order valence-electron chi connectivity index (χ4n) is 2.08. The maximum atomic E-state index is 11.8. The molecule has 1 aliphatic rings. The first-order valence-corrected chi connectivity index (χ1v) is 9.20. The van der Waals surface area contributed by atoms with Crippen molar-refractivity contribution in [3.8, 4) is 0 Å². The molecule has 0 saturated carbocycles. The second-order valence-electron chi connectivity index (χ2n) is 5.32. The third-order valence-electron chi connectivity index (χ3n) is 3.41. The van der Waals surface area contributed by atoms with E-state index in [2.05, 4.69) is 38.1 Å². The van der Waals surface area contributed by atoms with Crippen LogP contribution in [0.25, 0.3) is 10.2 Å². The molecule has 0 bridgehead atoms. The molecule has 1 aliphatic heterocycles. The third-order valence-corrected chi connectivity index (χ3v) is 5.16. The number of fused-ring (bicyclic) bond motifs is 1. The zero-order chi connectivity index (χ0) is 17.1. The molecule has 126 valence electrons. The zero-order valence-corrected chi connectivity index (χ0v) is 15.7. The Balaban J connectivity index is 1.73. The van der Waals surface area contributed by atoms with Crippen LogP contribution in [0.5, 0.6) is 0 Å². The van der Waals surface area contributed by atoms with Gasteiger partial charge in [-0.25, -0.2) is 9.78 Å². The summed E-state index contributed by atoms with van der Waals surface area (Å²) in [7, 11) is 0. The van der Waals surface area contributed by atoms with Crippen LogP contribution in [-0.2, 0) is 14.3 Å². The standard InChI is InChI=1S/C16H16BrN3O3S/c1-3-4-5-22-14-8-12(15(21)23-14)19-20-16-18-11-6-9(2)10(17)7-13(11)24-16/h6-8,14H,3-5H2,1-2H3. The molecule has 1 unspecified atom stereocenters. The Kier molecular flexibility index (Phi) is 5.37. The molecule has 2 heterocycles. The zero-order valence-electron chi connectivity index (χ0n) is 13.3. The van der Waals surface area contributed by atoms with Crippen molar-refractivity contribution in [3.05, 3.63) is 33.9 Å². The van der Waals surface area contributed by atoms with Crippen LogP contribution in [-0.4, -0.2) is 23.9 Å². The Morgan fingerprint density at radius 2 is 2.25 bits per heavy atom. The van der Waals surface area contributed by atoms with Gasteiger partial charge in [0.2, 0.25) is 11.4 Å². The number of thiazole rings is 1. The molecule has 3 rings (SSSR count). The number of aryl methyl sites for hydroxylation is 1. The number of carbonyl (C=O) groups is 1. The average Bonchev–Trinajstić information content (AvgIpc) is 3.09. The number of azo groups is 1. The van der Waals surface area contributed by atoms with Crippen LogP contribution in [0, 0.1) is 6.92 Å². The molecule has 1 aromatic heterocycles. The van der Waals surface area contributed by atoms with Gasteiger partial charge in [0.1, 0.15) is 0 Å². The van der Waals surface area contributed by atoms with E-state index >= 15 is 0 Å². The van der Waals surface area contributed by atoms with Crippen LogP contribution in [0.1, 0.15) is 25.3 Å². The van der Waals surface area contributed by atoms with Gasteiger partial charge in [0.25, 0.3) is 0 Å². The topological polar surface area (TPSA) is 73.1 Å². The number of esters is 1. The van der Waals surface area contributed by atoms with Gasteiger partial charge in [-0.05, 0) is 31.0 Å². The van der Waals surface area contributed by atoms with E-state index in [-0.39, 0.29) is 5.70 Å². The van der Waals surface area contributed by atoms with Crippen LogP contribution < -0.4 is 0 Å². The van der Waals surface area contributed by atoms with Gasteiger partial charge in [-0.1, -0.05) is 40.6 Å². The number of carbonyl (C=O) groups excluding carboxylic acids is 1. The lowest BCUT2D eigenvalue weighted by atomic mass is 10.2. The van der Waals surface area contributed by atoms with Crippen molar-refractivity contribution in [2.45, 2.75) is 33.0 Å². The molecule has 0 N–H and O–H groups in total. The number of cyclic esters (lactones) is 1. The molecule has 24 heavy (non-hydrogen) atoms. The summed E-state index contributed by atoms with van der Waals surface area (Å²) < 4.78 is 12.5. The Morgan fingerprint density at radius 1 is 1.42 bits per heavy atom. The van der Waals surface area contributed by atoms with E-state index in [0.717, 1.165) is 33.1 Å². The summed E-state index contributed by atoms with van der Waals surface area (Å²) in [6, 6.07) is 3.98. The summed E-state index contributed by atoms with van der Waals surface area (Å²) in [4.78, 5) is 16.2. The lowest BCUT2D eigenvalue weighted by Gasteiger charge is -2.07. The highest BCUT2D eigenvalue weighted by Gasteiger charge is 2.26. The molecule has 0 amide bonds. The monoisotopic (exact) mass is 409 g/mol. The fraction of sp³-hybridized carbons (Fsp3) is 0.375. The second kappa shape index (κ2) is 7.50. The number of rotatable bonds is 6. The Morgan fingerprint density at radius 3 is 3.04 bits per heavy atom. The quantitative estimate of drug-likeness (QED) is 0.380. The number of benzene rings is 1. The smallest absolute Gasteiger partial charge is 0.361 e. The first-order valence-electron chi connectivity index (χ1n) is 7.59. The normalized spacial score (nSPS) is 17.7. The minimum Gasteiger partial charge on any atom is -0.427 e. The highest BCUT2D eigenvalue weighted by molar-refractivity contribution is 9.10. The van der Waals surface area contributed by atoms with Gasteiger partial charge in [-0.2, -0.15) is 0 Å². The van der Waals surface area contributed by atoms with E-state index in [1.54, 1.807) is 0 Å². The first kappa shape index (κ1) is 17.2. The number of halogens is 1. The minimum absolute atomic E-state index is 0.146. The summed E-state index contributed by atoms with van der Waals surface area (Å²) in [6.45, 7) is 4.61. The summed E-state index contributed by atoms with van der Waals surface area (Å²) in [5, 5.41) is 8.51. The molecule has 6 nitrogen and oxygen atoms in total. The van der Waals surface area contributed by atoms with Crippen LogP contribution in [0.4, 0.5) is 5.13 Å². The maximum absolute atomic E-state index is 11.8. The van der Waals surface area contributed by atoms with E-state index in [1.807, 2.05) is 19.1 Å². The van der Waals surface area contributed by atoms with Gasteiger partial charge >= 0.3 is 5.97 Å². The van der Waals surface area contributed by atoms with Crippen molar-refractivity contribution in [1.82, 2.24) is 4.98 Å². The van der Waals surface area contributed by atoms with Crippen molar-refractivity contribution in [1.29, 1.82) is 0 Å². The van der Waals surface area contributed by atoms with E-state index in [4.69, 9.17) is 9.47 Å². The number of aromatic nitrogens is 1. The predicted molar refractivity (Wildman–Crippen MR) is 95.4 cm³/mol. The van der Waals surface area contributed by atoms with E-state index in [1.165, 1.54) is 17.4 Å². The number of hydrogen-bond acceptors (Lipinski definition) is 7. The molecule has 0 fully saturated rings. The van der Waals surface area contributed by atoms with Crippen LogP contribution >= 0.6 is 27.3 Å².